The minimum atomic E-state index is 0.633. The van der Waals surface area contributed by atoms with Gasteiger partial charge in [-0.3, -0.25) is 4.90 Å². The molecule has 2 nitrogen and oxygen atoms in total. The molecular weight excluding hydrogens is 296 g/mol. The molecule has 0 radical (unpaired) electrons. The van der Waals surface area contributed by atoms with Gasteiger partial charge in [-0.15, -0.1) is 11.3 Å². The Balaban J connectivity index is 1.69. The highest BCUT2D eigenvalue weighted by molar-refractivity contribution is 9.11. The highest BCUT2D eigenvalue weighted by Gasteiger charge is 2.37. The van der Waals surface area contributed by atoms with Crippen LogP contribution in [0.1, 0.15) is 24.6 Å². The maximum atomic E-state index is 3.63. The van der Waals surface area contributed by atoms with Crippen molar-refractivity contribution in [3.8, 4) is 0 Å². The second-order valence-corrected chi connectivity index (χ2v) is 7.90. The SMILES string of the molecule is CC1CN(Cc2ccc(Br)s2)C(C2CC2)CN1. The van der Waals surface area contributed by atoms with Gasteiger partial charge in [0.25, 0.3) is 0 Å². The van der Waals surface area contributed by atoms with Crippen molar-refractivity contribution in [3.05, 3.63) is 20.8 Å². The van der Waals surface area contributed by atoms with Gasteiger partial charge >= 0.3 is 0 Å². The van der Waals surface area contributed by atoms with Crippen molar-refractivity contribution in [2.75, 3.05) is 13.1 Å². The van der Waals surface area contributed by atoms with Crippen molar-refractivity contribution in [3.63, 3.8) is 0 Å². The van der Waals surface area contributed by atoms with Crippen LogP contribution in [0.2, 0.25) is 0 Å². The van der Waals surface area contributed by atoms with Gasteiger partial charge in [-0.25, -0.2) is 0 Å². The third-order valence-electron chi connectivity index (χ3n) is 3.81. The van der Waals surface area contributed by atoms with Crippen molar-refractivity contribution in [1.29, 1.82) is 0 Å². The highest BCUT2D eigenvalue weighted by Crippen LogP contribution is 2.37. The van der Waals surface area contributed by atoms with E-state index in [1.165, 1.54) is 34.6 Å². The van der Waals surface area contributed by atoms with Gasteiger partial charge in [-0.2, -0.15) is 0 Å². The van der Waals surface area contributed by atoms with E-state index in [0.29, 0.717) is 6.04 Å². The van der Waals surface area contributed by atoms with E-state index in [0.717, 1.165) is 18.5 Å². The van der Waals surface area contributed by atoms with Crippen molar-refractivity contribution >= 4 is 27.3 Å². The fourth-order valence-corrected chi connectivity index (χ4v) is 4.28. The van der Waals surface area contributed by atoms with Gasteiger partial charge in [0.2, 0.25) is 0 Å². The maximum absolute atomic E-state index is 3.63. The fraction of sp³-hybridized carbons (Fsp3) is 0.692. The van der Waals surface area contributed by atoms with Crippen molar-refractivity contribution in [2.45, 2.75) is 38.4 Å². The summed E-state index contributed by atoms with van der Waals surface area (Å²) in [6.07, 6.45) is 2.87. The van der Waals surface area contributed by atoms with E-state index in [2.05, 4.69) is 45.2 Å². The molecule has 2 unspecified atom stereocenters. The second kappa shape index (κ2) is 5.00. The molecule has 94 valence electrons. The van der Waals surface area contributed by atoms with Gasteiger partial charge in [0, 0.05) is 36.6 Å². The maximum Gasteiger partial charge on any atom is 0.0701 e. The summed E-state index contributed by atoms with van der Waals surface area (Å²) in [5.74, 6) is 0.957. The zero-order valence-electron chi connectivity index (χ0n) is 10.2. The molecule has 0 bridgehead atoms. The largest absolute Gasteiger partial charge is 0.311 e. The molecule has 0 amide bonds. The van der Waals surface area contributed by atoms with Crippen LogP contribution in [0, 0.1) is 5.92 Å². The molecule has 2 atom stereocenters. The number of nitrogens with one attached hydrogen (secondary N) is 1. The Hall–Kier alpha value is 0.1000. The Bertz CT molecular complexity index is 389. The topological polar surface area (TPSA) is 15.3 Å². The van der Waals surface area contributed by atoms with Crippen LogP contribution in [0.3, 0.4) is 0 Å². The van der Waals surface area contributed by atoms with Gasteiger partial charge in [-0.1, -0.05) is 0 Å². The Morgan fingerprint density at radius 1 is 1.47 bits per heavy atom. The molecule has 4 heteroatoms. The normalized spacial score (nSPS) is 30.7. The Morgan fingerprint density at radius 3 is 2.94 bits per heavy atom. The Labute approximate surface area is 116 Å². The summed E-state index contributed by atoms with van der Waals surface area (Å²) in [6, 6.07) is 5.82. The minimum absolute atomic E-state index is 0.633. The lowest BCUT2D eigenvalue weighted by atomic mass is 10.1. The molecule has 0 aromatic carbocycles. The lowest BCUT2D eigenvalue weighted by Crippen LogP contribution is -2.55. The first-order valence-electron chi connectivity index (χ1n) is 6.44. The van der Waals surface area contributed by atoms with Crippen LogP contribution in [0.15, 0.2) is 15.9 Å². The number of thiophene rings is 1. The molecule has 17 heavy (non-hydrogen) atoms. The van der Waals surface area contributed by atoms with Crippen molar-refractivity contribution in [1.82, 2.24) is 10.2 Å². The van der Waals surface area contributed by atoms with Crippen LogP contribution >= 0.6 is 27.3 Å². The lowest BCUT2D eigenvalue weighted by Gasteiger charge is -2.39. The molecule has 1 saturated carbocycles. The average molecular weight is 315 g/mol. The smallest absolute Gasteiger partial charge is 0.0701 e. The number of rotatable bonds is 3. The Kier molecular flexibility index (Phi) is 3.57. The monoisotopic (exact) mass is 314 g/mol. The molecule has 2 heterocycles. The molecule has 3 rings (SSSR count). The fourth-order valence-electron chi connectivity index (χ4n) is 2.77. The van der Waals surface area contributed by atoms with Crippen LogP contribution in [0.25, 0.3) is 0 Å². The first kappa shape index (κ1) is 12.2. The number of nitrogens with zero attached hydrogens (tertiary/aromatic N) is 1. The lowest BCUT2D eigenvalue weighted by molar-refractivity contribution is 0.113. The average Bonchev–Trinajstić information content (AvgIpc) is 3.04. The second-order valence-electron chi connectivity index (χ2n) is 5.35. The van der Waals surface area contributed by atoms with Crippen LogP contribution in [0.5, 0.6) is 0 Å². The van der Waals surface area contributed by atoms with Crippen LogP contribution in [0.4, 0.5) is 0 Å². The van der Waals surface area contributed by atoms with Crippen molar-refractivity contribution in [2.24, 2.45) is 5.92 Å². The van der Waals surface area contributed by atoms with E-state index < -0.39 is 0 Å². The number of halogens is 1. The Morgan fingerprint density at radius 2 is 2.29 bits per heavy atom. The summed E-state index contributed by atoms with van der Waals surface area (Å²) in [5, 5.41) is 3.63. The molecule has 1 aromatic heterocycles. The standard InChI is InChI=1S/C13H19BrN2S/c1-9-7-16(8-11-4-5-13(14)17-11)12(6-15-9)10-2-3-10/h4-5,9-10,12,15H,2-3,6-8H2,1H3. The molecule has 1 N–H and O–H groups in total. The first-order chi connectivity index (χ1) is 8.22. The van der Waals surface area contributed by atoms with Crippen LogP contribution < -0.4 is 5.32 Å². The predicted molar refractivity (Wildman–Crippen MR) is 76.4 cm³/mol. The summed E-state index contributed by atoms with van der Waals surface area (Å²) >= 11 is 5.42. The quantitative estimate of drug-likeness (QED) is 0.922. The summed E-state index contributed by atoms with van der Waals surface area (Å²) < 4.78 is 1.25. The molecule has 2 aliphatic rings. The summed E-state index contributed by atoms with van der Waals surface area (Å²) in [4.78, 5) is 4.17. The number of hydrogen-bond acceptors (Lipinski definition) is 3. The van der Waals surface area contributed by atoms with Gasteiger partial charge in [0.15, 0.2) is 0 Å². The minimum Gasteiger partial charge on any atom is -0.311 e. The molecule has 1 aliphatic carbocycles. The zero-order chi connectivity index (χ0) is 11.8. The van der Waals surface area contributed by atoms with E-state index in [1.807, 2.05) is 11.3 Å². The third kappa shape index (κ3) is 2.92. The van der Waals surface area contributed by atoms with Gasteiger partial charge < -0.3 is 5.32 Å². The summed E-state index contributed by atoms with van der Waals surface area (Å²) in [5.41, 5.74) is 0. The van der Waals surface area contributed by atoms with E-state index >= 15 is 0 Å². The van der Waals surface area contributed by atoms with E-state index in [-0.39, 0.29) is 0 Å². The molecule has 1 aliphatic heterocycles. The summed E-state index contributed by atoms with van der Waals surface area (Å²) in [6.45, 7) is 5.79. The first-order valence-corrected chi connectivity index (χ1v) is 8.05. The third-order valence-corrected chi connectivity index (χ3v) is 5.42. The van der Waals surface area contributed by atoms with E-state index in [1.54, 1.807) is 0 Å². The number of piperazine rings is 1. The van der Waals surface area contributed by atoms with Crippen LogP contribution in [-0.4, -0.2) is 30.1 Å². The van der Waals surface area contributed by atoms with Gasteiger partial charge in [-0.05, 0) is 53.7 Å². The van der Waals surface area contributed by atoms with Gasteiger partial charge in [0.1, 0.15) is 0 Å². The van der Waals surface area contributed by atoms with Gasteiger partial charge in [0.05, 0.1) is 3.79 Å². The van der Waals surface area contributed by atoms with Crippen molar-refractivity contribution < 1.29 is 0 Å². The molecule has 2 fully saturated rings. The van der Waals surface area contributed by atoms with E-state index in [4.69, 9.17) is 0 Å². The summed E-state index contributed by atoms with van der Waals surface area (Å²) in [7, 11) is 0. The van der Waals surface area contributed by atoms with Crippen LogP contribution in [-0.2, 0) is 6.54 Å². The molecule has 0 spiro atoms. The molecule has 1 aromatic rings. The highest BCUT2D eigenvalue weighted by atomic mass is 79.9. The number of hydrogen-bond donors (Lipinski definition) is 1. The predicted octanol–water partition coefficient (Wildman–Crippen LogP) is 3.08. The van der Waals surface area contributed by atoms with E-state index in [9.17, 15) is 0 Å². The molecule has 1 saturated heterocycles. The molecular formula is C13H19BrN2S. The zero-order valence-corrected chi connectivity index (χ0v) is 12.6.